The molecule has 1 saturated heterocycles. The summed E-state index contributed by atoms with van der Waals surface area (Å²) >= 11 is 0. The largest absolute Gasteiger partial charge is 0.491 e. The maximum atomic E-state index is 5.73. The van der Waals surface area contributed by atoms with Crippen LogP contribution in [-0.4, -0.2) is 24.2 Å². The van der Waals surface area contributed by atoms with E-state index >= 15 is 0 Å². The van der Waals surface area contributed by atoms with E-state index in [-0.39, 0.29) is 6.10 Å². The van der Waals surface area contributed by atoms with Gasteiger partial charge in [0, 0.05) is 37.0 Å². The van der Waals surface area contributed by atoms with Crippen molar-refractivity contribution in [3.63, 3.8) is 0 Å². The SMILES string of the molecule is CC(C)Oc1ccncc1C1CNC1. The molecule has 1 aromatic rings. The van der Waals surface area contributed by atoms with Crippen molar-refractivity contribution in [3.05, 3.63) is 24.0 Å². The molecular formula is C11H16N2O. The highest BCUT2D eigenvalue weighted by atomic mass is 16.5. The molecular weight excluding hydrogens is 176 g/mol. The average Bonchev–Trinajstić information content (AvgIpc) is 2.04. The molecule has 76 valence electrons. The molecule has 3 heteroatoms. The Morgan fingerprint density at radius 2 is 2.29 bits per heavy atom. The molecule has 0 aliphatic carbocycles. The van der Waals surface area contributed by atoms with E-state index in [1.807, 2.05) is 26.1 Å². The molecule has 1 aliphatic rings. The van der Waals surface area contributed by atoms with Crippen LogP contribution in [0.1, 0.15) is 25.3 Å². The summed E-state index contributed by atoms with van der Waals surface area (Å²) in [6.07, 6.45) is 3.93. The van der Waals surface area contributed by atoms with Gasteiger partial charge in [-0.25, -0.2) is 0 Å². The predicted molar refractivity (Wildman–Crippen MR) is 55.6 cm³/mol. The number of nitrogens with one attached hydrogen (secondary N) is 1. The number of ether oxygens (including phenoxy) is 1. The Hall–Kier alpha value is -1.09. The minimum absolute atomic E-state index is 0.226. The molecule has 3 nitrogen and oxygen atoms in total. The normalized spacial score (nSPS) is 16.8. The summed E-state index contributed by atoms with van der Waals surface area (Å²) in [5.41, 5.74) is 1.24. The Bertz CT molecular complexity index is 308. The van der Waals surface area contributed by atoms with Crippen molar-refractivity contribution in [2.24, 2.45) is 0 Å². The van der Waals surface area contributed by atoms with Crippen LogP contribution in [0.3, 0.4) is 0 Å². The van der Waals surface area contributed by atoms with Gasteiger partial charge in [-0.3, -0.25) is 4.98 Å². The van der Waals surface area contributed by atoms with Crippen molar-refractivity contribution >= 4 is 0 Å². The molecule has 1 fully saturated rings. The number of aromatic nitrogens is 1. The van der Waals surface area contributed by atoms with Crippen molar-refractivity contribution in [2.75, 3.05) is 13.1 Å². The highest BCUT2D eigenvalue weighted by Gasteiger charge is 2.22. The van der Waals surface area contributed by atoms with Gasteiger partial charge in [-0.15, -0.1) is 0 Å². The summed E-state index contributed by atoms with van der Waals surface area (Å²) in [4.78, 5) is 4.15. The lowest BCUT2D eigenvalue weighted by Crippen LogP contribution is -2.40. The fourth-order valence-electron chi connectivity index (χ4n) is 1.57. The Balaban J connectivity index is 2.19. The number of rotatable bonds is 3. The lowest BCUT2D eigenvalue weighted by Gasteiger charge is -2.29. The molecule has 1 aliphatic heterocycles. The Labute approximate surface area is 84.5 Å². The third kappa shape index (κ3) is 1.87. The van der Waals surface area contributed by atoms with Crippen LogP contribution in [0.4, 0.5) is 0 Å². The monoisotopic (exact) mass is 192 g/mol. The zero-order valence-corrected chi connectivity index (χ0v) is 8.66. The molecule has 0 amide bonds. The summed E-state index contributed by atoms with van der Waals surface area (Å²) < 4.78 is 5.73. The van der Waals surface area contributed by atoms with Gasteiger partial charge in [-0.05, 0) is 19.9 Å². The lowest BCUT2D eigenvalue weighted by molar-refractivity contribution is 0.236. The topological polar surface area (TPSA) is 34.1 Å². The van der Waals surface area contributed by atoms with Crippen molar-refractivity contribution in [1.29, 1.82) is 0 Å². The third-order valence-electron chi connectivity index (χ3n) is 2.39. The van der Waals surface area contributed by atoms with Gasteiger partial charge in [0.15, 0.2) is 0 Å². The van der Waals surface area contributed by atoms with Gasteiger partial charge in [-0.1, -0.05) is 0 Å². The first-order valence-corrected chi connectivity index (χ1v) is 5.08. The van der Waals surface area contributed by atoms with Crippen LogP contribution in [0.25, 0.3) is 0 Å². The fourth-order valence-corrected chi connectivity index (χ4v) is 1.57. The minimum Gasteiger partial charge on any atom is -0.491 e. The molecule has 1 aromatic heterocycles. The average molecular weight is 192 g/mol. The number of hydrogen-bond donors (Lipinski definition) is 1. The van der Waals surface area contributed by atoms with Crippen molar-refractivity contribution in [1.82, 2.24) is 10.3 Å². The van der Waals surface area contributed by atoms with Crippen LogP contribution in [-0.2, 0) is 0 Å². The van der Waals surface area contributed by atoms with Crippen molar-refractivity contribution < 1.29 is 4.74 Å². The molecule has 2 rings (SSSR count). The molecule has 0 spiro atoms. The molecule has 0 radical (unpaired) electrons. The van der Waals surface area contributed by atoms with Crippen LogP contribution >= 0.6 is 0 Å². The minimum atomic E-state index is 0.226. The Morgan fingerprint density at radius 1 is 1.50 bits per heavy atom. The van der Waals surface area contributed by atoms with Crippen molar-refractivity contribution in [3.8, 4) is 5.75 Å². The zero-order chi connectivity index (χ0) is 9.97. The van der Waals surface area contributed by atoms with Crippen LogP contribution < -0.4 is 10.1 Å². The molecule has 0 bridgehead atoms. The summed E-state index contributed by atoms with van der Waals surface area (Å²) in [6, 6.07) is 1.95. The van der Waals surface area contributed by atoms with E-state index in [9.17, 15) is 0 Å². The number of pyridine rings is 1. The first-order valence-electron chi connectivity index (χ1n) is 5.08. The van der Waals surface area contributed by atoms with Gasteiger partial charge < -0.3 is 10.1 Å². The van der Waals surface area contributed by atoms with E-state index in [0.29, 0.717) is 5.92 Å². The van der Waals surface area contributed by atoms with Gasteiger partial charge in [0.2, 0.25) is 0 Å². The van der Waals surface area contributed by atoms with Crippen LogP contribution in [0, 0.1) is 0 Å². The standard InChI is InChI=1S/C11H16N2O/c1-8(2)14-11-3-4-12-7-10(11)9-5-13-6-9/h3-4,7-9,13H,5-6H2,1-2H3. The molecule has 2 heterocycles. The summed E-state index contributed by atoms with van der Waals surface area (Å²) in [5.74, 6) is 1.57. The van der Waals surface area contributed by atoms with Crippen LogP contribution in [0.2, 0.25) is 0 Å². The second kappa shape index (κ2) is 3.96. The fraction of sp³-hybridized carbons (Fsp3) is 0.545. The Kier molecular flexibility index (Phi) is 2.68. The maximum Gasteiger partial charge on any atom is 0.126 e. The van der Waals surface area contributed by atoms with E-state index in [0.717, 1.165) is 18.8 Å². The van der Waals surface area contributed by atoms with Gasteiger partial charge in [0.1, 0.15) is 5.75 Å². The molecule has 0 unspecified atom stereocenters. The lowest BCUT2D eigenvalue weighted by atomic mass is 9.94. The predicted octanol–water partition coefficient (Wildman–Crippen LogP) is 1.56. The summed E-state index contributed by atoms with van der Waals surface area (Å²) in [5, 5.41) is 3.26. The molecule has 0 saturated carbocycles. The first kappa shape index (κ1) is 9.46. The Morgan fingerprint density at radius 3 is 2.86 bits per heavy atom. The van der Waals surface area contributed by atoms with E-state index in [4.69, 9.17) is 4.74 Å². The number of hydrogen-bond acceptors (Lipinski definition) is 3. The zero-order valence-electron chi connectivity index (χ0n) is 8.66. The highest BCUT2D eigenvalue weighted by molar-refractivity contribution is 5.35. The van der Waals surface area contributed by atoms with Gasteiger partial charge in [0.05, 0.1) is 6.10 Å². The van der Waals surface area contributed by atoms with Gasteiger partial charge in [0.25, 0.3) is 0 Å². The quantitative estimate of drug-likeness (QED) is 0.789. The number of nitrogens with zero attached hydrogens (tertiary/aromatic N) is 1. The second-order valence-electron chi connectivity index (χ2n) is 3.94. The molecule has 0 atom stereocenters. The molecule has 0 aromatic carbocycles. The van der Waals surface area contributed by atoms with E-state index in [2.05, 4.69) is 10.3 Å². The smallest absolute Gasteiger partial charge is 0.126 e. The van der Waals surface area contributed by atoms with E-state index in [1.54, 1.807) is 6.20 Å². The van der Waals surface area contributed by atoms with Gasteiger partial charge >= 0.3 is 0 Å². The van der Waals surface area contributed by atoms with E-state index < -0.39 is 0 Å². The van der Waals surface area contributed by atoms with Crippen LogP contribution in [0.5, 0.6) is 5.75 Å². The highest BCUT2D eigenvalue weighted by Crippen LogP contribution is 2.28. The van der Waals surface area contributed by atoms with E-state index in [1.165, 1.54) is 5.56 Å². The van der Waals surface area contributed by atoms with Crippen molar-refractivity contribution in [2.45, 2.75) is 25.9 Å². The molecule has 14 heavy (non-hydrogen) atoms. The maximum absolute atomic E-state index is 5.73. The third-order valence-corrected chi connectivity index (χ3v) is 2.39. The van der Waals surface area contributed by atoms with Gasteiger partial charge in [-0.2, -0.15) is 0 Å². The summed E-state index contributed by atoms with van der Waals surface area (Å²) in [7, 11) is 0. The summed E-state index contributed by atoms with van der Waals surface area (Å²) in [6.45, 7) is 6.17. The first-order chi connectivity index (χ1) is 6.77. The van der Waals surface area contributed by atoms with Crippen LogP contribution in [0.15, 0.2) is 18.5 Å². The second-order valence-corrected chi connectivity index (χ2v) is 3.94. The molecule has 1 N–H and O–H groups in total.